The molecule has 1 aromatic rings. The molecule has 1 saturated heterocycles. The highest BCUT2D eigenvalue weighted by molar-refractivity contribution is 7.86. The van der Waals surface area contributed by atoms with E-state index < -0.39 is 15.6 Å². The third-order valence-corrected chi connectivity index (χ3v) is 5.03. The lowest BCUT2D eigenvalue weighted by molar-refractivity contribution is -0.535. The summed E-state index contributed by atoms with van der Waals surface area (Å²) in [5.41, 5.74) is -5.65. The molecule has 0 amide bonds. The van der Waals surface area contributed by atoms with Crippen LogP contribution in [0.15, 0.2) is 30.3 Å². The molecule has 134 valence electrons. The minimum Gasteiger partial charge on any atom is -0.741 e. The molecule has 0 aliphatic carbocycles. The van der Waals surface area contributed by atoms with Crippen LogP contribution in [0.1, 0.15) is 12.8 Å². The smallest absolute Gasteiger partial charge is 0.485 e. The number of alkyl halides is 3. The summed E-state index contributed by atoms with van der Waals surface area (Å²) in [6, 6.07) is 10.4. The van der Waals surface area contributed by atoms with Gasteiger partial charge >= 0.3 is 26.7 Å². The predicted octanol–water partition coefficient (Wildman–Crippen LogP) is -0.889. The Balaban J connectivity index is 0.000000307. The van der Waals surface area contributed by atoms with Gasteiger partial charge in [0.25, 0.3) is 0 Å². The minimum absolute atomic E-state index is 0.00998. The summed E-state index contributed by atoms with van der Waals surface area (Å²) >= 11 is -0.181. The summed E-state index contributed by atoms with van der Waals surface area (Å²) in [7, 11) is -6.09. The van der Waals surface area contributed by atoms with E-state index in [0.29, 0.717) is 6.61 Å². The molecule has 0 spiro atoms. The molecule has 1 unspecified atom stereocenters. The summed E-state index contributed by atoms with van der Waals surface area (Å²) in [5, 5.41) is 0. The maximum Gasteiger partial charge on any atom is 0.485 e. The van der Waals surface area contributed by atoms with Gasteiger partial charge in [0.1, 0.15) is 6.61 Å². The maximum absolute atomic E-state index is 10.7. The van der Waals surface area contributed by atoms with Gasteiger partial charge in [0, 0.05) is 13.0 Å². The number of ether oxygens (including phenoxy) is 2. The van der Waals surface area contributed by atoms with Crippen LogP contribution in [-0.2, 0) is 19.6 Å². The van der Waals surface area contributed by atoms with Gasteiger partial charge in [-0.2, -0.15) is 13.2 Å². The molecular weight excluding hydrogens is 464 g/mol. The molecular formula is C14H14F3IO5S. The van der Waals surface area contributed by atoms with Crippen molar-refractivity contribution in [2.75, 3.05) is 13.2 Å². The molecule has 1 aliphatic rings. The molecule has 1 aromatic carbocycles. The van der Waals surface area contributed by atoms with Gasteiger partial charge in [-0.05, 0) is 24.5 Å². The van der Waals surface area contributed by atoms with Gasteiger partial charge in [-0.1, -0.05) is 18.2 Å². The Hall–Kier alpha value is -0.870. The Morgan fingerprint density at radius 1 is 1.33 bits per heavy atom. The van der Waals surface area contributed by atoms with Gasteiger partial charge < -0.3 is 14.0 Å². The van der Waals surface area contributed by atoms with Gasteiger partial charge in [0.05, 0.1) is 0 Å². The van der Waals surface area contributed by atoms with Gasteiger partial charge in [0.15, 0.2) is 20.3 Å². The molecule has 1 aliphatic heterocycles. The topological polar surface area (TPSA) is 75.7 Å². The number of hydrogen-bond donors (Lipinski definition) is 0. The highest BCUT2D eigenvalue weighted by Gasteiger charge is 2.36. The van der Waals surface area contributed by atoms with Crippen LogP contribution in [0, 0.1) is 13.4 Å². The van der Waals surface area contributed by atoms with E-state index in [9.17, 15) is 13.2 Å². The van der Waals surface area contributed by atoms with Gasteiger partial charge in [-0.15, -0.1) is 0 Å². The van der Waals surface area contributed by atoms with Crippen molar-refractivity contribution in [1.82, 2.24) is 0 Å². The first kappa shape index (κ1) is 21.2. The van der Waals surface area contributed by atoms with Crippen molar-refractivity contribution in [2.45, 2.75) is 24.6 Å². The van der Waals surface area contributed by atoms with E-state index in [4.69, 9.17) is 22.4 Å². The molecule has 10 heteroatoms. The second kappa shape index (κ2) is 10.2. The molecule has 0 saturated carbocycles. The summed E-state index contributed by atoms with van der Waals surface area (Å²) in [6.07, 6.45) is 2.11. The first-order chi connectivity index (χ1) is 11.2. The van der Waals surface area contributed by atoms with E-state index in [-0.39, 0.29) is 27.5 Å². The summed E-state index contributed by atoms with van der Waals surface area (Å²) in [4.78, 5) is 0. The van der Waals surface area contributed by atoms with Crippen molar-refractivity contribution in [3.05, 3.63) is 33.9 Å². The highest BCUT2D eigenvalue weighted by atomic mass is 127. The van der Waals surface area contributed by atoms with E-state index in [2.05, 4.69) is 34.1 Å². The first-order valence-corrected chi connectivity index (χ1v) is 10.2. The third kappa shape index (κ3) is 8.84. The van der Waals surface area contributed by atoms with Crippen molar-refractivity contribution in [2.24, 2.45) is 0 Å². The van der Waals surface area contributed by atoms with Crippen molar-refractivity contribution >= 4 is 10.1 Å². The van der Waals surface area contributed by atoms with E-state index >= 15 is 0 Å². The molecule has 2 rings (SSSR count). The molecule has 0 bridgehead atoms. The van der Waals surface area contributed by atoms with Gasteiger partial charge in [-0.3, -0.25) is 0 Å². The Kier molecular flexibility index (Phi) is 8.99. The molecule has 1 atom stereocenters. The van der Waals surface area contributed by atoms with Crippen molar-refractivity contribution < 1.29 is 56.8 Å². The summed E-state index contributed by atoms with van der Waals surface area (Å²) < 4.78 is 74.3. The molecule has 1 fully saturated rings. The molecule has 24 heavy (non-hydrogen) atoms. The normalized spacial score (nSPS) is 17.4. The third-order valence-electron chi connectivity index (χ3n) is 2.47. The molecule has 0 N–H and O–H groups in total. The Morgan fingerprint density at radius 3 is 2.46 bits per heavy atom. The molecule has 0 radical (unpaired) electrons. The summed E-state index contributed by atoms with van der Waals surface area (Å²) in [6.45, 7) is 1.33. The standard InChI is InChI=1S/C13H14IO2.CHF3O3S/c1-2-6-12(7-3-1)14-9-5-11-16-13-8-4-10-15-13;2-1(3,4)8(5,6)7/h1-3,6-7,13H,4,8,10-11H2;(H,5,6,7)/q+1;/p-1. The fraction of sp³-hybridized carbons (Fsp3) is 0.429. The fourth-order valence-electron chi connectivity index (χ4n) is 1.41. The SMILES string of the molecule is C(#C[I+]c1ccccc1)COC1CCCO1.O=S(=O)([O-])C(F)(F)F. The number of rotatable bonds is 3. The average molecular weight is 478 g/mol. The van der Waals surface area contributed by atoms with Crippen molar-refractivity contribution in [3.63, 3.8) is 0 Å². The Bertz CT molecular complexity index is 646. The van der Waals surface area contributed by atoms with Crippen LogP contribution >= 0.6 is 0 Å². The van der Waals surface area contributed by atoms with Crippen molar-refractivity contribution in [1.29, 1.82) is 0 Å². The lowest BCUT2D eigenvalue weighted by Crippen LogP contribution is -3.59. The first-order valence-electron chi connectivity index (χ1n) is 6.62. The zero-order chi connectivity index (χ0) is 18.1. The second-order valence-corrected chi connectivity index (χ2v) is 8.01. The zero-order valence-corrected chi connectivity index (χ0v) is 15.2. The van der Waals surface area contributed by atoms with Crippen LogP contribution in [0.25, 0.3) is 0 Å². The van der Waals surface area contributed by atoms with Gasteiger partial charge in [0.2, 0.25) is 3.57 Å². The highest BCUT2D eigenvalue weighted by Crippen LogP contribution is 2.20. The van der Waals surface area contributed by atoms with Crippen LogP contribution in [0.4, 0.5) is 13.2 Å². The monoisotopic (exact) mass is 478 g/mol. The lowest BCUT2D eigenvalue weighted by atomic mass is 10.4. The van der Waals surface area contributed by atoms with E-state index in [1.165, 1.54) is 3.57 Å². The molecule has 5 nitrogen and oxygen atoms in total. The predicted molar refractivity (Wildman–Crippen MR) is 73.6 cm³/mol. The largest absolute Gasteiger partial charge is 0.741 e. The average Bonchev–Trinajstić information content (AvgIpc) is 3.00. The van der Waals surface area contributed by atoms with Crippen LogP contribution < -0.4 is 21.2 Å². The fourth-order valence-corrected chi connectivity index (χ4v) is 2.84. The number of hydrogen-bond acceptors (Lipinski definition) is 5. The van der Waals surface area contributed by atoms with Crippen LogP contribution in [0.2, 0.25) is 0 Å². The number of halogens is 4. The van der Waals surface area contributed by atoms with E-state index in [1.807, 2.05) is 6.07 Å². The van der Waals surface area contributed by atoms with E-state index in [1.54, 1.807) is 0 Å². The number of benzene rings is 1. The molecule has 1 heterocycles. The van der Waals surface area contributed by atoms with Crippen LogP contribution in [-0.4, -0.2) is 38.0 Å². The maximum atomic E-state index is 10.7. The van der Waals surface area contributed by atoms with Gasteiger partial charge in [-0.25, -0.2) is 8.42 Å². The van der Waals surface area contributed by atoms with Crippen molar-refractivity contribution in [3.8, 4) is 9.85 Å². The lowest BCUT2D eigenvalue weighted by Gasteiger charge is -2.08. The van der Waals surface area contributed by atoms with E-state index in [0.717, 1.165) is 19.4 Å². The quantitative estimate of drug-likeness (QED) is 0.244. The van der Waals surface area contributed by atoms with Crippen LogP contribution in [0.5, 0.6) is 0 Å². The second-order valence-electron chi connectivity index (χ2n) is 4.31. The van der Waals surface area contributed by atoms with Crippen LogP contribution in [0.3, 0.4) is 0 Å². The minimum atomic E-state index is -6.09. The Labute approximate surface area is 148 Å². The Morgan fingerprint density at radius 2 is 1.96 bits per heavy atom. The zero-order valence-electron chi connectivity index (χ0n) is 12.3. The molecule has 0 aromatic heterocycles. The summed E-state index contributed by atoms with van der Waals surface area (Å²) in [5.74, 6) is 3.06.